The fourth-order valence-electron chi connectivity index (χ4n) is 3.36. The zero-order chi connectivity index (χ0) is 17.1. The molecule has 1 atom stereocenters. The minimum atomic E-state index is -0.798. The number of aliphatic hydroxyl groups is 1. The van der Waals surface area contributed by atoms with E-state index in [2.05, 4.69) is 25.3 Å². The highest BCUT2D eigenvalue weighted by atomic mass is 16.3. The van der Waals surface area contributed by atoms with Crippen molar-refractivity contribution in [2.75, 3.05) is 13.1 Å². The topological polar surface area (TPSA) is 84.9 Å². The van der Waals surface area contributed by atoms with Gasteiger partial charge < -0.3 is 5.11 Å². The van der Waals surface area contributed by atoms with Crippen LogP contribution in [0.15, 0.2) is 49.1 Å². The summed E-state index contributed by atoms with van der Waals surface area (Å²) >= 11 is 0. The van der Waals surface area contributed by atoms with Gasteiger partial charge in [-0.1, -0.05) is 23.4 Å². The van der Waals surface area contributed by atoms with Crippen LogP contribution in [0.4, 0.5) is 0 Å². The summed E-state index contributed by atoms with van der Waals surface area (Å²) in [6.07, 6.45) is 6.83. The Hall–Kier alpha value is -2.58. The van der Waals surface area contributed by atoms with Crippen molar-refractivity contribution in [3.8, 4) is 5.69 Å². The first-order valence-corrected chi connectivity index (χ1v) is 8.45. The van der Waals surface area contributed by atoms with Gasteiger partial charge in [-0.15, -0.1) is 10.2 Å². The first-order chi connectivity index (χ1) is 12.2. The molecular weight excluding hydrogens is 318 g/mol. The van der Waals surface area contributed by atoms with Crippen LogP contribution in [0.1, 0.15) is 18.7 Å². The fourth-order valence-corrected chi connectivity index (χ4v) is 3.36. The van der Waals surface area contributed by atoms with Gasteiger partial charge in [-0.2, -0.15) is 0 Å². The van der Waals surface area contributed by atoms with Gasteiger partial charge in [0.2, 0.25) is 0 Å². The van der Waals surface area contributed by atoms with Crippen LogP contribution in [0.2, 0.25) is 0 Å². The van der Waals surface area contributed by atoms with Crippen LogP contribution in [-0.4, -0.2) is 58.5 Å². The van der Waals surface area contributed by atoms with Crippen molar-refractivity contribution in [3.63, 3.8) is 0 Å². The highest BCUT2D eigenvalue weighted by molar-refractivity contribution is 5.29. The maximum atomic E-state index is 10.9. The molecule has 0 amide bonds. The van der Waals surface area contributed by atoms with E-state index in [9.17, 15) is 5.11 Å². The number of hydrogen-bond acceptors (Lipinski definition) is 6. The van der Waals surface area contributed by atoms with Crippen LogP contribution in [0.3, 0.4) is 0 Å². The third-order valence-electron chi connectivity index (χ3n) is 4.49. The number of hydrogen-bond donors (Lipinski definition) is 1. The van der Waals surface area contributed by atoms with Crippen LogP contribution >= 0.6 is 0 Å². The number of nitrogens with zero attached hydrogens (tertiary/aromatic N) is 7. The molecule has 0 aliphatic carbocycles. The molecule has 130 valence electrons. The van der Waals surface area contributed by atoms with Crippen LogP contribution in [-0.2, 0) is 13.1 Å². The number of benzene rings is 1. The number of likely N-dealkylation sites (tertiary alicyclic amines) is 1. The lowest BCUT2D eigenvalue weighted by Gasteiger charge is -2.38. The molecule has 1 aliphatic heterocycles. The van der Waals surface area contributed by atoms with Gasteiger partial charge in [-0.25, -0.2) is 14.3 Å². The van der Waals surface area contributed by atoms with Crippen molar-refractivity contribution in [2.24, 2.45) is 0 Å². The lowest BCUT2D eigenvalue weighted by atomic mass is 9.93. The molecule has 1 fully saturated rings. The molecule has 1 N–H and O–H groups in total. The van der Waals surface area contributed by atoms with E-state index in [1.165, 1.54) is 0 Å². The number of para-hydroxylation sites is 1. The van der Waals surface area contributed by atoms with Gasteiger partial charge in [0.1, 0.15) is 6.33 Å². The van der Waals surface area contributed by atoms with Gasteiger partial charge in [0.25, 0.3) is 0 Å². The maximum Gasteiger partial charge on any atom is 0.164 e. The van der Waals surface area contributed by atoms with Crippen molar-refractivity contribution in [3.05, 3.63) is 54.9 Å². The molecule has 2 aromatic heterocycles. The van der Waals surface area contributed by atoms with Gasteiger partial charge in [0.05, 0.1) is 30.6 Å². The van der Waals surface area contributed by atoms with Gasteiger partial charge in [-0.05, 0) is 31.5 Å². The maximum absolute atomic E-state index is 10.9. The molecule has 3 heterocycles. The number of rotatable bonds is 5. The monoisotopic (exact) mass is 339 g/mol. The lowest BCUT2D eigenvalue weighted by Crippen LogP contribution is -2.50. The summed E-state index contributed by atoms with van der Waals surface area (Å²) in [4.78, 5) is 6.61. The summed E-state index contributed by atoms with van der Waals surface area (Å²) < 4.78 is 3.47. The molecule has 8 heteroatoms. The molecule has 1 aromatic carbocycles. The molecule has 3 aromatic rings. The first-order valence-electron chi connectivity index (χ1n) is 8.45. The Labute approximate surface area is 145 Å². The van der Waals surface area contributed by atoms with Crippen LogP contribution in [0.25, 0.3) is 5.69 Å². The second-order valence-corrected chi connectivity index (χ2v) is 6.58. The third kappa shape index (κ3) is 3.75. The Balaban J connectivity index is 1.42. The van der Waals surface area contributed by atoms with Gasteiger partial charge >= 0.3 is 0 Å². The Morgan fingerprint density at radius 2 is 2.08 bits per heavy atom. The molecule has 0 bridgehead atoms. The summed E-state index contributed by atoms with van der Waals surface area (Å²) in [5, 5.41) is 23.2. The average Bonchev–Trinajstić information content (AvgIpc) is 3.27. The van der Waals surface area contributed by atoms with Crippen LogP contribution < -0.4 is 0 Å². The van der Waals surface area contributed by atoms with Crippen molar-refractivity contribution in [1.29, 1.82) is 0 Å². The molecule has 25 heavy (non-hydrogen) atoms. The van der Waals surface area contributed by atoms with E-state index in [0.29, 0.717) is 19.6 Å². The summed E-state index contributed by atoms with van der Waals surface area (Å²) in [5.41, 5.74) is 0.191. The van der Waals surface area contributed by atoms with Crippen molar-refractivity contribution in [1.82, 2.24) is 34.7 Å². The molecule has 1 saturated heterocycles. The Morgan fingerprint density at radius 3 is 2.88 bits per heavy atom. The standard InChI is InChI=1S/C17H21N7O/c25-17(13-23-10-8-19-21-23)7-4-9-22(12-17)11-16-18-14-24(20-16)15-5-2-1-3-6-15/h1-3,5-6,8,10,14,25H,4,7,9,11-13H2. The average molecular weight is 339 g/mol. The Morgan fingerprint density at radius 1 is 1.20 bits per heavy atom. The molecule has 0 saturated carbocycles. The van der Waals surface area contributed by atoms with E-state index in [0.717, 1.165) is 30.9 Å². The Bertz CT molecular complexity index is 802. The molecule has 0 radical (unpaired) electrons. The van der Waals surface area contributed by atoms with Gasteiger partial charge in [0.15, 0.2) is 5.82 Å². The SMILES string of the molecule is OC1(Cn2ccnn2)CCCN(Cc2ncn(-c3ccccc3)n2)C1. The molecule has 1 unspecified atom stereocenters. The second kappa shape index (κ2) is 6.73. The zero-order valence-corrected chi connectivity index (χ0v) is 13.9. The van der Waals surface area contributed by atoms with E-state index < -0.39 is 5.60 Å². The predicted octanol–water partition coefficient (Wildman–Crippen LogP) is 0.886. The first kappa shape index (κ1) is 15.9. The number of aromatic nitrogens is 6. The summed E-state index contributed by atoms with van der Waals surface area (Å²) in [7, 11) is 0. The van der Waals surface area contributed by atoms with E-state index in [4.69, 9.17) is 0 Å². The van der Waals surface area contributed by atoms with E-state index in [-0.39, 0.29) is 0 Å². The highest BCUT2D eigenvalue weighted by Gasteiger charge is 2.34. The van der Waals surface area contributed by atoms with Crippen LogP contribution in [0, 0.1) is 0 Å². The minimum Gasteiger partial charge on any atom is -0.387 e. The summed E-state index contributed by atoms with van der Waals surface area (Å²) in [6.45, 7) is 2.58. The largest absolute Gasteiger partial charge is 0.387 e. The molecule has 4 rings (SSSR count). The van der Waals surface area contributed by atoms with Gasteiger partial charge in [0, 0.05) is 12.7 Å². The second-order valence-electron chi connectivity index (χ2n) is 6.58. The van der Waals surface area contributed by atoms with Gasteiger partial charge in [-0.3, -0.25) is 4.90 Å². The molecular formula is C17H21N7O. The highest BCUT2D eigenvalue weighted by Crippen LogP contribution is 2.23. The van der Waals surface area contributed by atoms with E-state index in [1.54, 1.807) is 28.1 Å². The normalized spacial score (nSPS) is 21.5. The zero-order valence-electron chi connectivity index (χ0n) is 13.9. The summed E-state index contributed by atoms with van der Waals surface area (Å²) in [5.74, 6) is 0.758. The van der Waals surface area contributed by atoms with Crippen molar-refractivity contribution < 1.29 is 5.11 Å². The smallest absolute Gasteiger partial charge is 0.164 e. The lowest BCUT2D eigenvalue weighted by molar-refractivity contribution is -0.0484. The Kier molecular flexibility index (Phi) is 4.29. The predicted molar refractivity (Wildman–Crippen MR) is 90.8 cm³/mol. The van der Waals surface area contributed by atoms with Crippen LogP contribution in [0.5, 0.6) is 0 Å². The number of β-amino-alcohol motifs (C(OH)–C–C–N with tert-alkyl or cyclic N) is 1. The molecule has 1 aliphatic rings. The minimum absolute atomic E-state index is 0.454. The quantitative estimate of drug-likeness (QED) is 0.743. The third-order valence-corrected chi connectivity index (χ3v) is 4.49. The summed E-state index contributed by atoms with van der Waals surface area (Å²) in [6, 6.07) is 9.93. The molecule has 8 nitrogen and oxygen atoms in total. The van der Waals surface area contributed by atoms with Crippen molar-refractivity contribution >= 4 is 0 Å². The molecule has 0 spiro atoms. The van der Waals surface area contributed by atoms with Crippen molar-refractivity contribution in [2.45, 2.75) is 31.5 Å². The van der Waals surface area contributed by atoms with E-state index in [1.807, 2.05) is 30.3 Å². The fraction of sp³-hybridized carbons (Fsp3) is 0.412. The number of piperidine rings is 1. The van der Waals surface area contributed by atoms with E-state index >= 15 is 0 Å².